The largest absolute Gasteiger partial charge is 0.284 e. The van der Waals surface area contributed by atoms with Crippen molar-refractivity contribution in [1.82, 2.24) is 19.9 Å². The number of hydroxylamine groups is 4. The van der Waals surface area contributed by atoms with E-state index in [1.165, 1.54) is 14.1 Å². The van der Waals surface area contributed by atoms with E-state index in [1.807, 2.05) is 24.3 Å². The number of carbonyl (C=O) groups is 4. The van der Waals surface area contributed by atoms with E-state index in [9.17, 15) is 19.2 Å². The topological polar surface area (TPSA) is 99.7 Å². The lowest BCUT2D eigenvalue weighted by Crippen LogP contribution is -2.33. The summed E-state index contributed by atoms with van der Waals surface area (Å²) in [6.07, 6.45) is -1.60. The van der Waals surface area contributed by atoms with Crippen LogP contribution in [0.15, 0.2) is 24.3 Å². The van der Waals surface area contributed by atoms with Crippen molar-refractivity contribution < 1.29 is 28.9 Å². The Morgan fingerprint density at radius 2 is 0.933 bits per heavy atom. The number of hydrogen-bond acceptors (Lipinski definition) is 8. The van der Waals surface area contributed by atoms with Crippen LogP contribution in [0.2, 0.25) is 0 Å². The lowest BCUT2D eigenvalue weighted by Gasteiger charge is -2.25. The normalized spacial score (nSPS) is 36.9. The summed E-state index contributed by atoms with van der Waals surface area (Å²) < 4.78 is 0. The molecule has 0 aromatic heterocycles. The van der Waals surface area contributed by atoms with Crippen LogP contribution in [-0.4, -0.2) is 84.0 Å². The quantitative estimate of drug-likeness (QED) is 0.597. The number of likely N-dealkylation sites (N-methyl/N-ethyl adjacent to an activating group) is 2. The first kappa shape index (κ1) is 19.3. The van der Waals surface area contributed by atoms with Gasteiger partial charge in [-0.2, -0.15) is 10.1 Å². The fourth-order valence-corrected chi connectivity index (χ4v) is 5.10. The van der Waals surface area contributed by atoms with Crippen LogP contribution in [0.25, 0.3) is 0 Å². The fraction of sp³-hybridized carbons (Fsp3) is 0.500. The van der Waals surface area contributed by atoms with Gasteiger partial charge in [0.25, 0.3) is 11.8 Å². The second kappa shape index (κ2) is 6.42. The maximum atomic E-state index is 12.6. The van der Waals surface area contributed by atoms with Crippen LogP contribution in [0.3, 0.4) is 0 Å². The Kier molecular flexibility index (Phi) is 4.13. The smallest absolute Gasteiger partial charge is 0.261 e. The molecule has 4 amide bonds. The predicted molar refractivity (Wildman–Crippen MR) is 99.7 cm³/mol. The van der Waals surface area contributed by atoms with Crippen LogP contribution in [-0.2, 0) is 28.9 Å². The lowest BCUT2D eigenvalue weighted by molar-refractivity contribution is -0.169. The van der Waals surface area contributed by atoms with Crippen molar-refractivity contribution in [3.63, 3.8) is 0 Å². The average molecular weight is 414 g/mol. The van der Waals surface area contributed by atoms with Gasteiger partial charge < -0.3 is 0 Å². The highest BCUT2D eigenvalue weighted by Crippen LogP contribution is 2.45. The highest BCUT2D eigenvalue weighted by atomic mass is 16.7. The van der Waals surface area contributed by atoms with E-state index < -0.39 is 36.1 Å². The number of nitrogens with zero attached hydrogens (tertiary/aromatic N) is 4. The number of hydrogen-bond donors (Lipinski definition) is 0. The van der Waals surface area contributed by atoms with Crippen LogP contribution < -0.4 is 0 Å². The monoisotopic (exact) mass is 414 g/mol. The van der Waals surface area contributed by atoms with Gasteiger partial charge in [-0.1, -0.05) is 24.3 Å². The number of amides is 4. The minimum atomic E-state index is -0.801. The Morgan fingerprint density at radius 3 is 1.27 bits per heavy atom. The van der Waals surface area contributed by atoms with Gasteiger partial charge >= 0.3 is 0 Å². The van der Waals surface area contributed by atoms with Crippen LogP contribution in [0, 0.1) is 11.8 Å². The first-order valence-corrected chi connectivity index (χ1v) is 9.74. The maximum Gasteiger partial charge on any atom is 0.261 e. The molecule has 4 saturated heterocycles. The number of fused-ring (bicyclic) bond motifs is 2. The summed E-state index contributed by atoms with van der Waals surface area (Å²) in [5, 5.41) is 3.12. The molecule has 6 atom stereocenters. The zero-order valence-electron chi connectivity index (χ0n) is 17.0. The molecule has 0 unspecified atom stereocenters. The molecule has 0 saturated carbocycles. The van der Waals surface area contributed by atoms with Gasteiger partial charge in [-0.05, 0) is 11.1 Å². The summed E-state index contributed by atoms with van der Waals surface area (Å²) in [6, 6.07) is 6.68. The number of imide groups is 2. The Morgan fingerprint density at radius 1 is 0.600 bits per heavy atom. The van der Waals surface area contributed by atoms with E-state index in [1.54, 1.807) is 24.2 Å². The van der Waals surface area contributed by atoms with Gasteiger partial charge in [-0.15, -0.1) is 0 Å². The van der Waals surface area contributed by atoms with E-state index >= 15 is 0 Å². The molecule has 10 heteroatoms. The summed E-state index contributed by atoms with van der Waals surface area (Å²) in [4.78, 5) is 63.2. The average Bonchev–Trinajstić information content (AvgIpc) is 3.37. The van der Waals surface area contributed by atoms with Crippen LogP contribution in [0.5, 0.6) is 0 Å². The maximum absolute atomic E-state index is 12.6. The van der Waals surface area contributed by atoms with Crippen LogP contribution >= 0.6 is 0 Å². The number of benzene rings is 1. The fourth-order valence-electron chi connectivity index (χ4n) is 5.10. The molecule has 0 N–H and O–H groups in total. The van der Waals surface area contributed by atoms with Crippen molar-refractivity contribution in [1.29, 1.82) is 0 Å². The summed E-state index contributed by atoms with van der Waals surface area (Å²) in [7, 11) is 6.35. The van der Waals surface area contributed by atoms with Gasteiger partial charge in [0.15, 0.2) is 12.2 Å². The molecular formula is C20H22N4O6. The highest BCUT2D eigenvalue weighted by molar-refractivity contribution is 6.07. The van der Waals surface area contributed by atoms with Gasteiger partial charge in [-0.3, -0.25) is 38.7 Å². The van der Waals surface area contributed by atoms with Gasteiger partial charge in [0.05, 0.1) is 23.9 Å². The summed E-state index contributed by atoms with van der Waals surface area (Å²) in [5.74, 6) is -2.37. The second-order valence-electron chi connectivity index (χ2n) is 8.22. The number of rotatable bonds is 2. The third kappa shape index (κ3) is 2.38. The minimum Gasteiger partial charge on any atom is -0.284 e. The SMILES string of the molecule is CN1C(=O)[C@H]2[C@H](ON(C)[C@H]2c2ccc([C@H]3[C@H]4C(=O)N(C)C(=O)[C@H]4ON3C)cc2)C1=O. The van der Waals surface area contributed by atoms with Crippen molar-refractivity contribution in [3.8, 4) is 0 Å². The molecule has 4 heterocycles. The molecule has 5 rings (SSSR count). The predicted octanol–water partition coefficient (Wildman–Crippen LogP) is -0.510. The summed E-state index contributed by atoms with van der Waals surface area (Å²) in [6.45, 7) is 0. The molecule has 0 bridgehead atoms. The molecule has 0 aliphatic carbocycles. The van der Waals surface area contributed by atoms with Crippen molar-refractivity contribution in [2.24, 2.45) is 11.8 Å². The number of likely N-dealkylation sites (tertiary alicyclic amines) is 2. The molecule has 1 aromatic rings. The van der Waals surface area contributed by atoms with E-state index in [0.717, 1.165) is 20.9 Å². The Balaban J connectivity index is 1.44. The molecule has 0 spiro atoms. The minimum absolute atomic E-state index is 0.256. The van der Waals surface area contributed by atoms with E-state index in [-0.39, 0.29) is 23.6 Å². The van der Waals surface area contributed by atoms with Gasteiger partial charge in [0.1, 0.15) is 0 Å². The van der Waals surface area contributed by atoms with Crippen LogP contribution in [0.1, 0.15) is 23.2 Å². The van der Waals surface area contributed by atoms with Crippen molar-refractivity contribution in [2.45, 2.75) is 24.3 Å². The van der Waals surface area contributed by atoms with Crippen molar-refractivity contribution >= 4 is 23.6 Å². The summed E-state index contributed by atoms with van der Waals surface area (Å²) >= 11 is 0. The first-order valence-electron chi connectivity index (χ1n) is 9.74. The zero-order chi connectivity index (χ0) is 21.5. The second-order valence-corrected chi connectivity index (χ2v) is 8.22. The zero-order valence-corrected chi connectivity index (χ0v) is 17.0. The van der Waals surface area contributed by atoms with Gasteiger partial charge in [0.2, 0.25) is 11.8 Å². The van der Waals surface area contributed by atoms with Crippen molar-refractivity contribution in [3.05, 3.63) is 35.4 Å². The van der Waals surface area contributed by atoms with E-state index in [2.05, 4.69) is 0 Å². The summed E-state index contributed by atoms with van der Waals surface area (Å²) in [5.41, 5.74) is 1.66. The van der Waals surface area contributed by atoms with E-state index in [0.29, 0.717) is 0 Å². The Bertz CT molecular complexity index is 888. The lowest BCUT2D eigenvalue weighted by atomic mass is 9.87. The molecule has 1 aromatic carbocycles. The standard InChI is InChI=1S/C20H22N4O6/c1-21-17(25)11-13(23(3)29-15(11)19(21)27)9-5-7-10(8-6-9)14-12-16(30-24(14)4)20(28)22(2)18(12)26/h5-8,11-16H,1-4H3/t11-,12-,13+,14+,15+,16+/m1/s1. The molecule has 30 heavy (non-hydrogen) atoms. The highest BCUT2D eigenvalue weighted by Gasteiger charge is 2.59. The molecule has 0 radical (unpaired) electrons. The third-order valence-electron chi connectivity index (χ3n) is 6.67. The van der Waals surface area contributed by atoms with E-state index in [4.69, 9.17) is 9.68 Å². The molecule has 158 valence electrons. The molecule has 4 fully saturated rings. The Labute approximate surface area is 172 Å². The van der Waals surface area contributed by atoms with Crippen molar-refractivity contribution in [2.75, 3.05) is 28.2 Å². The van der Waals surface area contributed by atoms with Gasteiger partial charge in [-0.25, -0.2) is 0 Å². The van der Waals surface area contributed by atoms with Gasteiger partial charge in [0, 0.05) is 28.2 Å². The number of carbonyl (C=O) groups excluding carboxylic acids is 4. The first-order chi connectivity index (χ1) is 14.2. The Hall–Kier alpha value is -2.66. The molecule has 4 aliphatic heterocycles. The third-order valence-corrected chi connectivity index (χ3v) is 6.67. The molecule has 4 aliphatic rings. The molecule has 10 nitrogen and oxygen atoms in total. The molecular weight excluding hydrogens is 392 g/mol. The van der Waals surface area contributed by atoms with Crippen LogP contribution in [0.4, 0.5) is 0 Å².